The lowest BCUT2D eigenvalue weighted by Gasteiger charge is -2.24. The zero-order chi connectivity index (χ0) is 12.6. The zero-order valence-corrected chi connectivity index (χ0v) is 9.87. The second kappa shape index (κ2) is 4.00. The molecule has 0 radical (unpaired) electrons. The number of alkyl halides is 3. The molecule has 1 rings (SSSR count). The molecule has 0 aromatic heterocycles. The van der Waals surface area contributed by atoms with Gasteiger partial charge in [-0.25, -0.2) is 0 Å². The SMILES string of the molecule is Cc1cc(C(F)(F)F)ccc1NC(C)(C)C. The molecule has 1 aromatic carbocycles. The van der Waals surface area contributed by atoms with Gasteiger partial charge in [-0.1, -0.05) is 0 Å². The maximum Gasteiger partial charge on any atom is 0.416 e. The summed E-state index contributed by atoms with van der Waals surface area (Å²) in [7, 11) is 0. The summed E-state index contributed by atoms with van der Waals surface area (Å²) in [5, 5.41) is 3.16. The van der Waals surface area contributed by atoms with Crippen LogP contribution in [0.3, 0.4) is 0 Å². The number of halogens is 3. The van der Waals surface area contributed by atoms with Crippen molar-refractivity contribution in [2.45, 2.75) is 39.4 Å². The van der Waals surface area contributed by atoms with E-state index in [-0.39, 0.29) is 5.54 Å². The minimum absolute atomic E-state index is 0.162. The fraction of sp³-hybridized carbons (Fsp3) is 0.500. The lowest BCUT2D eigenvalue weighted by atomic mass is 10.0. The first-order chi connectivity index (χ1) is 7.09. The van der Waals surface area contributed by atoms with Crippen molar-refractivity contribution in [3.8, 4) is 0 Å². The molecule has 0 spiro atoms. The fourth-order valence-electron chi connectivity index (χ4n) is 1.38. The Hall–Kier alpha value is -1.19. The van der Waals surface area contributed by atoms with Gasteiger partial charge >= 0.3 is 6.18 Å². The third-order valence-corrected chi connectivity index (χ3v) is 2.06. The van der Waals surface area contributed by atoms with E-state index in [1.807, 2.05) is 20.8 Å². The van der Waals surface area contributed by atoms with E-state index in [1.165, 1.54) is 6.07 Å². The summed E-state index contributed by atoms with van der Waals surface area (Å²) in [6.07, 6.45) is -4.27. The molecule has 0 heterocycles. The minimum atomic E-state index is -4.27. The van der Waals surface area contributed by atoms with Crippen LogP contribution >= 0.6 is 0 Å². The molecule has 0 aliphatic carbocycles. The summed E-state index contributed by atoms with van der Waals surface area (Å²) in [5.41, 5.74) is 0.569. The average molecular weight is 231 g/mol. The van der Waals surface area contributed by atoms with Crippen LogP contribution in [0.2, 0.25) is 0 Å². The van der Waals surface area contributed by atoms with Gasteiger partial charge in [0.05, 0.1) is 5.56 Å². The van der Waals surface area contributed by atoms with Crippen LogP contribution in [0.4, 0.5) is 18.9 Å². The van der Waals surface area contributed by atoms with Gasteiger partial charge in [0.25, 0.3) is 0 Å². The molecule has 0 saturated carbocycles. The van der Waals surface area contributed by atoms with Crippen LogP contribution in [0.1, 0.15) is 31.9 Å². The zero-order valence-electron chi connectivity index (χ0n) is 9.87. The molecule has 0 unspecified atom stereocenters. The van der Waals surface area contributed by atoms with E-state index >= 15 is 0 Å². The van der Waals surface area contributed by atoms with Crippen molar-refractivity contribution in [3.05, 3.63) is 29.3 Å². The number of benzene rings is 1. The first kappa shape index (κ1) is 12.9. The number of anilines is 1. The minimum Gasteiger partial charge on any atom is -0.380 e. The maximum absolute atomic E-state index is 12.4. The van der Waals surface area contributed by atoms with Gasteiger partial charge in [0, 0.05) is 11.2 Å². The Kier molecular flexibility index (Phi) is 3.22. The fourth-order valence-corrected chi connectivity index (χ4v) is 1.38. The standard InChI is InChI=1S/C12H16F3N/c1-8-7-9(12(13,14)15)5-6-10(8)16-11(2,3)4/h5-7,16H,1-4H3. The van der Waals surface area contributed by atoms with Gasteiger partial charge in [0.15, 0.2) is 0 Å². The predicted molar refractivity (Wildman–Crippen MR) is 59.6 cm³/mol. The van der Waals surface area contributed by atoms with Crippen LogP contribution in [0, 0.1) is 6.92 Å². The summed E-state index contributed by atoms with van der Waals surface area (Å²) in [6, 6.07) is 3.73. The van der Waals surface area contributed by atoms with E-state index in [1.54, 1.807) is 6.92 Å². The van der Waals surface area contributed by atoms with Gasteiger partial charge in [-0.3, -0.25) is 0 Å². The summed E-state index contributed by atoms with van der Waals surface area (Å²) >= 11 is 0. The second-order valence-corrected chi connectivity index (χ2v) is 4.90. The predicted octanol–water partition coefficient (Wildman–Crippen LogP) is 4.22. The quantitative estimate of drug-likeness (QED) is 0.762. The monoisotopic (exact) mass is 231 g/mol. The Morgan fingerprint density at radius 3 is 2.00 bits per heavy atom. The highest BCUT2D eigenvalue weighted by Crippen LogP contribution is 2.32. The van der Waals surface area contributed by atoms with E-state index in [0.29, 0.717) is 5.56 Å². The first-order valence-corrected chi connectivity index (χ1v) is 5.05. The van der Waals surface area contributed by atoms with Crippen LogP contribution in [0.25, 0.3) is 0 Å². The number of hydrogen-bond acceptors (Lipinski definition) is 1. The van der Waals surface area contributed by atoms with Crippen molar-refractivity contribution < 1.29 is 13.2 Å². The molecule has 1 nitrogen and oxygen atoms in total. The molecule has 0 atom stereocenters. The molecule has 0 bridgehead atoms. The summed E-state index contributed by atoms with van der Waals surface area (Å²) in [4.78, 5) is 0. The number of aryl methyl sites for hydroxylation is 1. The third-order valence-electron chi connectivity index (χ3n) is 2.06. The molecule has 16 heavy (non-hydrogen) atoms. The van der Waals surface area contributed by atoms with Gasteiger partial charge in [-0.05, 0) is 51.5 Å². The van der Waals surface area contributed by atoms with Gasteiger partial charge in [0.1, 0.15) is 0 Å². The van der Waals surface area contributed by atoms with Gasteiger partial charge in [-0.2, -0.15) is 13.2 Å². The molecule has 0 saturated heterocycles. The molecular weight excluding hydrogens is 215 g/mol. The van der Waals surface area contributed by atoms with Crippen LogP contribution in [0.5, 0.6) is 0 Å². The van der Waals surface area contributed by atoms with Crippen molar-refractivity contribution in [2.75, 3.05) is 5.32 Å². The van der Waals surface area contributed by atoms with E-state index in [0.717, 1.165) is 17.8 Å². The van der Waals surface area contributed by atoms with E-state index in [2.05, 4.69) is 5.32 Å². The normalized spacial score (nSPS) is 12.7. The molecule has 4 heteroatoms. The molecule has 0 aliphatic rings. The molecular formula is C12H16F3N. The van der Waals surface area contributed by atoms with Crippen molar-refractivity contribution >= 4 is 5.69 Å². The highest BCUT2D eigenvalue weighted by molar-refractivity contribution is 5.53. The van der Waals surface area contributed by atoms with E-state index < -0.39 is 11.7 Å². The van der Waals surface area contributed by atoms with Crippen LogP contribution < -0.4 is 5.32 Å². The number of nitrogens with one attached hydrogen (secondary N) is 1. The summed E-state index contributed by atoms with van der Waals surface area (Å²) in [5.74, 6) is 0. The Morgan fingerprint density at radius 2 is 1.62 bits per heavy atom. The maximum atomic E-state index is 12.4. The van der Waals surface area contributed by atoms with Crippen LogP contribution in [-0.2, 0) is 6.18 Å². The average Bonchev–Trinajstić information content (AvgIpc) is 2.04. The lowest BCUT2D eigenvalue weighted by molar-refractivity contribution is -0.137. The molecule has 1 aromatic rings. The van der Waals surface area contributed by atoms with Gasteiger partial charge < -0.3 is 5.32 Å². The van der Waals surface area contributed by atoms with Crippen molar-refractivity contribution in [1.29, 1.82) is 0 Å². The number of rotatable bonds is 1. The first-order valence-electron chi connectivity index (χ1n) is 5.05. The molecule has 90 valence electrons. The van der Waals surface area contributed by atoms with E-state index in [9.17, 15) is 13.2 Å². The third kappa shape index (κ3) is 3.43. The Bertz CT molecular complexity index is 375. The van der Waals surface area contributed by atoms with Crippen LogP contribution in [-0.4, -0.2) is 5.54 Å². The number of hydrogen-bond donors (Lipinski definition) is 1. The van der Waals surface area contributed by atoms with E-state index in [4.69, 9.17) is 0 Å². The highest BCUT2D eigenvalue weighted by atomic mass is 19.4. The van der Waals surface area contributed by atoms with Crippen molar-refractivity contribution in [1.82, 2.24) is 0 Å². The topological polar surface area (TPSA) is 12.0 Å². The van der Waals surface area contributed by atoms with Crippen molar-refractivity contribution in [3.63, 3.8) is 0 Å². The van der Waals surface area contributed by atoms with Gasteiger partial charge in [0.2, 0.25) is 0 Å². The molecule has 0 aliphatic heterocycles. The smallest absolute Gasteiger partial charge is 0.380 e. The summed E-state index contributed by atoms with van der Waals surface area (Å²) < 4.78 is 37.3. The molecule has 0 amide bonds. The van der Waals surface area contributed by atoms with Crippen molar-refractivity contribution in [2.24, 2.45) is 0 Å². The van der Waals surface area contributed by atoms with Gasteiger partial charge in [-0.15, -0.1) is 0 Å². The Balaban J connectivity index is 3.01. The lowest BCUT2D eigenvalue weighted by Crippen LogP contribution is -2.26. The van der Waals surface area contributed by atoms with Crippen LogP contribution in [0.15, 0.2) is 18.2 Å². The Morgan fingerprint density at radius 1 is 1.06 bits per heavy atom. The molecule has 0 fully saturated rings. The second-order valence-electron chi connectivity index (χ2n) is 4.90. The summed E-state index contributed by atoms with van der Waals surface area (Å²) in [6.45, 7) is 7.56. The largest absolute Gasteiger partial charge is 0.416 e. The highest BCUT2D eigenvalue weighted by Gasteiger charge is 2.30. The molecule has 1 N–H and O–H groups in total. The Labute approximate surface area is 93.7 Å².